The second-order valence-electron chi connectivity index (χ2n) is 8.33. The highest BCUT2D eigenvalue weighted by Crippen LogP contribution is 2.23. The van der Waals surface area contributed by atoms with Crippen molar-refractivity contribution in [3.05, 3.63) is 5.82 Å². The van der Waals surface area contributed by atoms with E-state index in [0.29, 0.717) is 12.1 Å². The summed E-state index contributed by atoms with van der Waals surface area (Å²) in [6.07, 6.45) is 12.7. The van der Waals surface area contributed by atoms with Gasteiger partial charge in [-0.1, -0.05) is 38.5 Å². The molecule has 0 saturated heterocycles. The number of hydrogen-bond acceptors (Lipinski definition) is 4. The Labute approximate surface area is 145 Å². The molecular weight excluding hydrogens is 300 g/mol. The predicted molar refractivity (Wildman–Crippen MR) is 96.2 cm³/mol. The minimum Gasteiger partial charge on any atom is -0.364 e. The van der Waals surface area contributed by atoms with Gasteiger partial charge in [-0.2, -0.15) is 0 Å². The Morgan fingerprint density at radius 3 is 2.25 bits per heavy atom. The molecule has 2 aliphatic rings. The monoisotopic (exact) mass is 332 g/mol. The van der Waals surface area contributed by atoms with Crippen molar-refractivity contribution in [2.24, 2.45) is 4.99 Å². The molecule has 1 aromatic rings. The predicted octanol–water partition coefficient (Wildman–Crippen LogP) is 3.43. The lowest BCUT2D eigenvalue weighted by Crippen LogP contribution is -2.41. The van der Waals surface area contributed by atoms with Crippen LogP contribution in [0.4, 0.5) is 0 Å². The quantitative estimate of drug-likeness (QED) is 0.680. The molecule has 6 heteroatoms. The van der Waals surface area contributed by atoms with E-state index >= 15 is 0 Å². The maximum absolute atomic E-state index is 5.09. The number of tetrazole rings is 1. The van der Waals surface area contributed by atoms with Crippen molar-refractivity contribution in [3.8, 4) is 0 Å². The number of hydrogen-bond donors (Lipinski definition) is 1. The standard InChI is InChI=1S/C18H32N6/c1-18(2,3)24-17(21-22-23-24)16(19-14-10-6-4-7-11-14)20-15-12-8-5-9-13-15/h14-15H,4-13H2,1-3H3,(H,19,20). The van der Waals surface area contributed by atoms with E-state index in [2.05, 4.69) is 41.6 Å². The number of amidine groups is 1. The van der Waals surface area contributed by atoms with Crippen LogP contribution >= 0.6 is 0 Å². The first-order valence-corrected chi connectivity index (χ1v) is 9.67. The van der Waals surface area contributed by atoms with Crippen molar-refractivity contribution in [1.29, 1.82) is 0 Å². The van der Waals surface area contributed by atoms with E-state index in [4.69, 9.17) is 4.99 Å². The van der Waals surface area contributed by atoms with Crippen LogP contribution in [0.25, 0.3) is 0 Å². The first-order chi connectivity index (χ1) is 11.5. The van der Waals surface area contributed by atoms with Crippen LogP contribution < -0.4 is 5.32 Å². The third-order valence-corrected chi connectivity index (χ3v) is 5.15. The average molecular weight is 332 g/mol. The SMILES string of the molecule is CC(C)(C)n1nnnc1C(=NC1CCCCC1)NC1CCCCC1. The van der Waals surface area contributed by atoms with E-state index in [1.54, 1.807) is 0 Å². The molecule has 2 fully saturated rings. The molecule has 1 aromatic heterocycles. The molecule has 2 aliphatic carbocycles. The maximum Gasteiger partial charge on any atom is 0.217 e. The highest BCUT2D eigenvalue weighted by molar-refractivity contribution is 5.95. The molecular formula is C18H32N6. The normalized spacial score (nSPS) is 21.9. The number of nitrogens with zero attached hydrogens (tertiary/aromatic N) is 5. The molecule has 0 radical (unpaired) electrons. The summed E-state index contributed by atoms with van der Waals surface area (Å²) in [5, 5.41) is 16.2. The van der Waals surface area contributed by atoms with Gasteiger partial charge in [0, 0.05) is 6.04 Å². The van der Waals surface area contributed by atoms with Gasteiger partial charge in [0.25, 0.3) is 0 Å². The van der Waals surface area contributed by atoms with Crippen LogP contribution in [0.1, 0.15) is 90.8 Å². The van der Waals surface area contributed by atoms with E-state index in [1.807, 2.05) is 4.68 Å². The van der Waals surface area contributed by atoms with Crippen molar-refractivity contribution in [1.82, 2.24) is 25.5 Å². The van der Waals surface area contributed by atoms with E-state index in [-0.39, 0.29) is 5.54 Å². The van der Waals surface area contributed by atoms with Gasteiger partial charge >= 0.3 is 0 Å². The average Bonchev–Trinajstić information content (AvgIpc) is 3.06. The molecule has 134 valence electrons. The highest BCUT2D eigenvalue weighted by Gasteiger charge is 2.26. The van der Waals surface area contributed by atoms with Gasteiger partial charge in [0.05, 0.1) is 11.6 Å². The van der Waals surface area contributed by atoms with Gasteiger partial charge in [0.2, 0.25) is 5.82 Å². The van der Waals surface area contributed by atoms with Crippen LogP contribution in [0.3, 0.4) is 0 Å². The second-order valence-corrected chi connectivity index (χ2v) is 8.33. The summed E-state index contributed by atoms with van der Waals surface area (Å²) in [5.41, 5.74) is -0.152. The van der Waals surface area contributed by atoms with E-state index in [9.17, 15) is 0 Å². The molecule has 2 saturated carbocycles. The molecule has 0 aliphatic heterocycles. The van der Waals surface area contributed by atoms with E-state index in [0.717, 1.165) is 11.7 Å². The Bertz CT molecular complexity index is 544. The lowest BCUT2D eigenvalue weighted by molar-refractivity contribution is 0.342. The zero-order valence-electron chi connectivity index (χ0n) is 15.5. The van der Waals surface area contributed by atoms with Gasteiger partial charge in [-0.15, -0.1) is 5.10 Å². The molecule has 0 bridgehead atoms. The van der Waals surface area contributed by atoms with Gasteiger partial charge in [-0.25, -0.2) is 4.68 Å². The first kappa shape index (κ1) is 17.4. The summed E-state index contributed by atoms with van der Waals surface area (Å²) in [7, 11) is 0. The van der Waals surface area contributed by atoms with E-state index in [1.165, 1.54) is 64.2 Å². The number of aromatic nitrogens is 4. The van der Waals surface area contributed by atoms with Gasteiger partial charge in [0.1, 0.15) is 0 Å². The smallest absolute Gasteiger partial charge is 0.217 e. The minimum atomic E-state index is -0.152. The third kappa shape index (κ3) is 4.33. The van der Waals surface area contributed by atoms with Crippen molar-refractivity contribution < 1.29 is 0 Å². The molecule has 6 nitrogen and oxygen atoms in total. The van der Waals surface area contributed by atoms with Crippen molar-refractivity contribution in [2.45, 2.75) is 103 Å². The van der Waals surface area contributed by atoms with Gasteiger partial charge < -0.3 is 5.32 Å². The fourth-order valence-corrected chi connectivity index (χ4v) is 3.78. The Morgan fingerprint density at radius 2 is 1.62 bits per heavy atom. The lowest BCUT2D eigenvalue weighted by atomic mass is 9.95. The summed E-state index contributed by atoms with van der Waals surface area (Å²) in [6, 6.07) is 0.918. The molecule has 0 atom stereocenters. The lowest BCUT2D eigenvalue weighted by Gasteiger charge is -2.27. The van der Waals surface area contributed by atoms with Crippen LogP contribution in [0, 0.1) is 0 Å². The van der Waals surface area contributed by atoms with E-state index < -0.39 is 0 Å². The molecule has 3 rings (SSSR count). The first-order valence-electron chi connectivity index (χ1n) is 9.67. The molecule has 0 unspecified atom stereocenters. The van der Waals surface area contributed by atoms with Gasteiger partial charge in [-0.05, 0) is 56.9 Å². The summed E-state index contributed by atoms with van der Waals surface area (Å²) >= 11 is 0. The fourth-order valence-electron chi connectivity index (χ4n) is 3.78. The summed E-state index contributed by atoms with van der Waals surface area (Å²) < 4.78 is 1.91. The largest absolute Gasteiger partial charge is 0.364 e. The third-order valence-electron chi connectivity index (χ3n) is 5.15. The zero-order valence-corrected chi connectivity index (χ0v) is 15.5. The summed E-state index contributed by atoms with van der Waals surface area (Å²) in [5.74, 6) is 1.70. The molecule has 0 aromatic carbocycles. The summed E-state index contributed by atoms with van der Waals surface area (Å²) in [6.45, 7) is 6.39. The van der Waals surface area contributed by atoms with Crippen molar-refractivity contribution in [3.63, 3.8) is 0 Å². The minimum absolute atomic E-state index is 0.152. The van der Waals surface area contributed by atoms with Crippen LogP contribution in [-0.4, -0.2) is 38.1 Å². The van der Waals surface area contributed by atoms with Gasteiger partial charge in [-0.3, -0.25) is 4.99 Å². The Hall–Kier alpha value is -1.46. The van der Waals surface area contributed by atoms with Crippen LogP contribution in [-0.2, 0) is 5.54 Å². The van der Waals surface area contributed by atoms with Crippen molar-refractivity contribution in [2.75, 3.05) is 0 Å². The molecule has 0 spiro atoms. The van der Waals surface area contributed by atoms with Crippen LogP contribution in [0.5, 0.6) is 0 Å². The highest BCUT2D eigenvalue weighted by atomic mass is 15.6. The number of rotatable bonds is 3. The Morgan fingerprint density at radius 1 is 1.00 bits per heavy atom. The number of aliphatic imine (C=N–C) groups is 1. The second kappa shape index (κ2) is 7.62. The van der Waals surface area contributed by atoms with Gasteiger partial charge in [0.15, 0.2) is 5.84 Å². The fraction of sp³-hybridized carbons (Fsp3) is 0.889. The van der Waals surface area contributed by atoms with Crippen LogP contribution in [0.15, 0.2) is 4.99 Å². The number of nitrogens with one attached hydrogen (secondary N) is 1. The topological polar surface area (TPSA) is 68.0 Å². The maximum atomic E-state index is 5.09. The van der Waals surface area contributed by atoms with Crippen molar-refractivity contribution >= 4 is 5.84 Å². The Balaban J connectivity index is 1.86. The van der Waals surface area contributed by atoms with Crippen LogP contribution in [0.2, 0.25) is 0 Å². The zero-order chi connectivity index (χ0) is 17.0. The molecule has 24 heavy (non-hydrogen) atoms. The molecule has 1 N–H and O–H groups in total. The Kier molecular flexibility index (Phi) is 5.51. The molecule has 1 heterocycles. The molecule has 0 amide bonds. The summed E-state index contributed by atoms with van der Waals surface area (Å²) in [4.78, 5) is 5.09.